The average molecular weight is 302 g/mol. The van der Waals surface area contributed by atoms with Crippen LogP contribution >= 0.6 is 11.6 Å². The molecule has 1 aliphatic carbocycles. The number of anilines is 1. The smallest absolute Gasteiger partial charge is 0.154 e. The van der Waals surface area contributed by atoms with Crippen LogP contribution in [-0.4, -0.2) is 26.0 Å². The molecule has 0 aliphatic heterocycles. The molecule has 0 aromatic heterocycles. The van der Waals surface area contributed by atoms with Crippen LogP contribution in [0.1, 0.15) is 32.1 Å². The van der Waals surface area contributed by atoms with Gasteiger partial charge in [-0.2, -0.15) is 0 Å². The van der Waals surface area contributed by atoms with Crippen LogP contribution in [0.15, 0.2) is 24.3 Å². The van der Waals surface area contributed by atoms with Crippen molar-refractivity contribution in [3.05, 3.63) is 29.3 Å². The van der Waals surface area contributed by atoms with E-state index in [9.17, 15) is 8.42 Å². The Morgan fingerprint density at radius 3 is 2.37 bits per heavy atom. The molecule has 0 spiro atoms. The molecule has 1 fully saturated rings. The van der Waals surface area contributed by atoms with E-state index in [1.807, 2.05) is 12.1 Å². The van der Waals surface area contributed by atoms with Crippen LogP contribution < -0.4 is 5.32 Å². The number of hydrogen-bond donors (Lipinski definition) is 1. The number of sulfone groups is 1. The van der Waals surface area contributed by atoms with Gasteiger partial charge in [0.05, 0.1) is 11.0 Å². The van der Waals surface area contributed by atoms with Crippen molar-refractivity contribution in [3.8, 4) is 0 Å². The molecule has 1 aromatic rings. The number of benzene rings is 1. The first-order chi connectivity index (χ1) is 9.08. The topological polar surface area (TPSA) is 46.2 Å². The van der Waals surface area contributed by atoms with Crippen LogP contribution in [0.25, 0.3) is 0 Å². The summed E-state index contributed by atoms with van der Waals surface area (Å²) in [5.41, 5.74) is 0.906. The minimum absolute atomic E-state index is 0.117. The summed E-state index contributed by atoms with van der Waals surface area (Å²) in [6.07, 6.45) is 4.95. The Morgan fingerprint density at radius 2 is 1.74 bits per heavy atom. The lowest BCUT2D eigenvalue weighted by atomic mass is 10.0. The maximum absolute atomic E-state index is 12.2. The second-order valence-electron chi connectivity index (χ2n) is 5.06. The normalized spacial score (nSPS) is 17.3. The van der Waals surface area contributed by atoms with Crippen molar-refractivity contribution >= 4 is 27.1 Å². The zero-order valence-corrected chi connectivity index (χ0v) is 12.5. The number of rotatable bonds is 5. The van der Waals surface area contributed by atoms with E-state index >= 15 is 0 Å². The van der Waals surface area contributed by atoms with Crippen molar-refractivity contribution in [2.24, 2.45) is 0 Å². The summed E-state index contributed by atoms with van der Waals surface area (Å²) in [6, 6.07) is 7.30. The molecular formula is C14H20ClNO2S. The fraction of sp³-hybridized carbons (Fsp3) is 0.571. The molecule has 1 saturated carbocycles. The van der Waals surface area contributed by atoms with Gasteiger partial charge in [-0.1, -0.05) is 30.9 Å². The van der Waals surface area contributed by atoms with E-state index in [-0.39, 0.29) is 11.0 Å². The summed E-state index contributed by atoms with van der Waals surface area (Å²) in [7, 11) is -2.95. The third-order valence-corrected chi connectivity index (χ3v) is 6.13. The highest BCUT2D eigenvalue weighted by Crippen LogP contribution is 2.24. The minimum atomic E-state index is -2.95. The van der Waals surface area contributed by atoms with Gasteiger partial charge >= 0.3 is 0 Å². The van der Waals surface area contributed by atoms with Gasteiger partial charge in [0.2, 0.25) is 0 Å². The summed E-state index contributed by atoms with van der Waals surface area (Å²) in [4.78, 5) is 0. The van der Waals surface area contributed by atoms with Crippen molar-refractivity contribution in [2.75, 3.05) is 17.6 Å². The molecule has 106 valence electrons. The average Bonchev–Trinajstić information content (AvgIpc) is 2.42. The van der Waals surface area contributed by atoms with Crippen LogP contribution in [0.2, 0.25) is 5.02 Å². The van der Waals surface area contributed by atoms with Gasteiger partial charge in [0.1, 0.15) is 0 Å². The highest BCUT2D eigenvalue weighted by molar-refractivity contribution is 7.92. The van der Waals surface area contributed by atoms with Crippen molar-refractivity contribution in [1.29, 1.82) is 0 Å². The molecule has 0 unspecified atom stereocenters. The van der Waals surface area contributed by atoms with E-state index in [1.165, 1.54) is 6.42 Å². The lowest BCUT2D eigenvalue weighted by Gasteiger charge is -2.21. The zero-order chi connectivity index (χ0) is 13.7. The fourth-order valence-electron chi connectivity index (χ4n) is 2.50. The molecule has 19 heavy (non-hydrogen) atoms. The SMILES string of the molecule is O=S(=O)(CCNc1ccc(Cl)cc1)C1CCCCC1. The van der Waals surface area contributed by atoms with E-state index in [0.717, 1.165) is 31.4 Å². The van der Waals surface area contributed by atoms with Crippen molar-refractivity contribution in [2.45, 2.75) is 37.4 Å². The van der Waals surface area contributed by atoms with Crippen molar-refractivity contribution < 1.29 is 8.42 Å². The lowest BCUT2D eigenvalue weighted by Crippen LogP contribution is -2.29. The first-order valence-corrected chi connectivity index (χ1v) is 8.88. The highest BCUT2D eigenvalue weighted by Gasteiger charge is 2.26. The third-order valence-electron chi connectivity index (χ3n) is 3.62. The van der Waals surface area contributed by atoms with Gasteiger partial charge in [0.25, 0.3) is 0 Å². The number of nitrogens with one attached hydrogen (secondary N) is 1. The summed E-state index contributed by atoms with van der Waals surface area (Å²) >= 11 is 5.80. The molecule has 0 bridgehead atoms. The van der Waals surface area contributed by atoms with E-state index in [2.05, 4.69) is 5.32 Å². The predicted molar refractivity (Wildman–Crippen MR) is 80.6 cm³/mol. The van der Waals surface area contributed by atoms with Crippen LogP contribution in [0, 0.1) is 0 Å². The van der Waals surface area contributed by atoms with Gasteiger partial charge in [-0.05, 0) is 37.1 Å². The van der Waals surface area contributed by atoms with Gasteiger partial charge in [0, 0.05) is 17.3 Å². The van der Waals surface area contributed by atoms with Crippen LogP contribution in [-0.2, 0) is 9.84 Å². The standard InChI is InChI=1S/C14H20ClNO2S/c15-12-6-8-13(9-7-12)16-10-11-19(17,18)14-4-2-1-3-5-14/h6-9,14,16H,1-5,10-11H2. The largest absolute Gasteiger partial charge is 0.384 e. The molecular weight excluding hydrogens is 282 g/mol. The molecule has 0 heterocycles. The van der Waals surface area contributed by atoms with Crippen LogP contribution in [0.4, 0.5) is 5.69 Å². The summed E-state index contributed by atoms with van der Waals surface area (Å²) in [5.74, 6) is 0.209. The molecule has 0 atom stereocenters. The van der Waals surface area contributed by atoms with Gasteiger partial charge in [-0.25, -0.2) is 8.42 Å². The first-order valence-electron chi connectivity index (χ1n) is 6.79. The quantitative estimate of drug-likeness (QED) is 0.905. The highest BCUT2D eigenvalue weighted by atomic mass is 35.5. The van der Waals surface area contributed by atoms with E-state index in [1.54, 1.807) is 12.1 Å². The first kappa shape index (κ1) is 14.7. The number of hydrogen-bond acceptors (Lipinski definition) is 3. The van der Waals surface area contributed by atoms with Gasteiger partial charge in [0.15, 0.2) is 9.84 Å². The Kier molecular flexibility index (Phi) is 5.11. The van der Waals surface area contributed by atoms with Gasteiger partial charge in [-0.3, -0.25) is 0 Å². The lowest BCUT2D eigenvalue weighted by molar-refractivity contribution is 0.484. The molecule has 2 rings (SSSR count). The molecule has 1 aliphatic rings. The second kappa shape index (κ2) is 6.62. The van der Waals surface area contributed by atoms with Crippen LogP contribution in [0.3, 0.4) is 0 Å². The van der Waals surface area contributed by atoms with Crippen molar-refractivity contribution in [1.82, 2.24) is 0 Å². The maximum Gasteiger partial charge on any atom is 0.154 e. The van der Waals surface area contributed by atoms with E-state index in [0.29, 0.717) is 11.6 Å². The Morgan fingerprint density at radius 1 is 1.11 bits per heavy atom. The Labute approximate surface area is 120 Å². The molecule has 3 nitrogen and oxygen atoms in total. The fourth-order valence-corrected chi connectivity index (χ4v) is 4.39. The van der Waals surface area contributed by atoms with E-state index < -0.39 is 9.84 Å². The van der Waals surface area contributed by atoms with E-state index in [4.69, 9.17) is 11.6 Å². The maximum atomic E-state index is 12.2. The Hall–Kier alpha value is -0.740. The van der Waals surface area contributed by atoms with Gasteiger partial charge < -0.3 is 5.32 Å². The minimum Gasteiger partial charge on any atom is -0.384 e. The zero-order valence-electron chi connectivity index (χ0n) is 10.9. The molecule has 5 heteroatoms. The Bertz CT molecular complexity index is 493. The third kappa shape index (κ3) is 4.39. The predicted octanol–water partition coefficient (Wildman–Crippen LogP) is 3.50. The molecule has 1 N–H and O–H groups in total. The van der Waals surface area contributed by atoms with Gasteiger partial charge in [-0.15, -0.1) is 0 Å². The monoisotopic (exact) mass is 301 g/mol. The molecule has 0 saturated heterocycles. The molecule has 0 radical (unpaired) electrons. The number of halogens is 1. The summed E-state index contributed by atoms with van der Waals surface area (Å²) in [6.45, 7) is 0.459. The summed E-state index contributed by atoms with van der Waals surface area (Å²) < 4.78 is 24.3. The molecule has 1 aromatic carbocycles. The summed E-state index contributed by atoms with van der Waals surface area (Å²) in [5, 5.41) is 3.69. The van der Waals surface area contributed by atoms with Crippen LogP contribution in [0.5, 0.6) is 0 Å². The second-order valence-corrected chi connectivity index (χ2v) is 7.90. The Balaban J connectivity index is 1.82. The molecule has 0 amide bonds. The van der Waals surface area contributed by atoms with Crippen molar-refractivity contribution in [3.63, 3.8) is 0 Å².